The number of nitrogens with two attached hydrogens (primary N) is 1. The summed E-state index contributed by atoms with van der Waals surface area (Å²) >= 11 is 0. The first-order valence-corrected chi connectivity index (χ1v) is 5.29. The van der Waals surface area contributed by atoms with E-state index in [1.54, 1.807) is 14.0 Å². The molecule has 0 saturated carbocycles. The van der Waals surface area contributed by atoms with Gasteiger partial charge in [0.25, 0.3) is 0 Å². The van der Waals surface area contributed by atoms with Gasteiger partial charge in [-0.3, -0.25) is 4.79 Å². The van der Waals surface area contributed by atoms with Gasteiger partial charge in [0.05, 0.1) is 13.2 Å². The van der Waals surface area contributed by atoms with Gasteiger partial charge < -0.3 is 15.8 Å². The first-order chi connectivity index (χ1) is 7.63. The molecule has 0 aromatic heterocycles. The van der Waals surface area contributed by atoms with Crippen molar-refractivity contribution in [3.63, 3.8) is 0 Å². The third-order valence-corrected chi connectivity index (χ3v) is 2.29. The van der Waals surface area contributed by atoms with Crippen LogP contribution in [0.4, 0.5) is 0 Å². The number of benzene rings is 1. The lowest BCUT2D eigenvalue weighted by molar-refractivity contribution is -0.121. The van der Waals surface area contributed by atoms with Gasteiger partial charge >= 0.3 is 0 Å². The Balaban J connectivity index is 2.34. The molecule has 0 unspecified atom stereocenters. The smallest absolute Gasteiger partial charge is 0.236 e. The molecule has 0 bridgehead atoms. The summed E-state index contributed by atoms with van der Waals surface area (Å²) in [5.41, 5.74) is 6.58. The Kier molecular flexibility index (Phi) is 4.79. The number of ether oxygens (including phenoxy) is 1. The molecule has 1 rings (SSSR count). The number of methoxy groups -OCH3 is 1. The standard InChI is InChI=1S/C12H18N2O2/c1-9(13)12(15)14-8-7-10-3-5-11(16-2)6-4-10/h3-6,9H,7-8,13H2,1-2H3,(H,14,15)/t9-/m1/s1. The zero-order valence-corrected chi connectivity index (χ0v) is 9.69. The van der Waals surface area contributed by atoms with E-state index in [9.17, 15) is 4.79 Å². The second kappa shape index (κ2) is 6.12. The summed E-state index contributed by atoms with van der Waals surface area (Å²) in [4.78, 5) is 11.2. The molecule has 0 fully saturated rings. The molecule has 0 spiro atoms. The van der Waals surface area contributed by atoms with Gasteiger partial charge in [-0.1, -0.05) is 12.1 Å². The number of amides is 1. The fourth-order valence-corrected chi connectivity index (χ4v) is 1.28. The highest BCUT2D eigenvalue weighted by Gasteiger charge is 2.05. The summed E-state index contributed by atoms with van der Waals surface area (Å²) in [7, 11) is 1.64. The van der Waals surface area contributed by atoms with Crippen molar-refractivity contribution in [1.82, 2.24) is 5.32 Å². The second-order valence-corrected chi connectivity index (χ2v) is 3.68. The molecule has 1 aromatic rings. The highest BCUT2D eigenvalue weighted by atomic mass is 16.5. The van der Waals surface area contributed by atoms with Crippen LogP contribution in [-0.2, 0) is 11.2 Å². The lowest BCUT2D eigenvalue weighted by Gasteiger charge is -2.07. The van der Waals surface area contributed by atoms with E-state index < -0.39 is 6.04 Å². The molecular formula is C12H18N2O2. The fraction of sp³-hybridized carbons (Fsp3) is 0.417. The van der Waals surface area contributed by atoms with Gasteiger partial charge in [0.15, 0.2) is 0 Å². The largest absolute Gasteiger partial charge is 0.497 e. The van der Waals surface area contributed by atoms with Gasteiger partial charge in [-0.15, -0.1) is 0 Å². The van der Waals surface area contributed by atoms with Crippen molar-refractivity contribution in [2.45, 2.75) is 19.4 Å². The summed E-state index contributed by atoms with van der Waals surface area (Å²) in [6, 6.07) is 7.33. The van der Waals surface area contributed by atoms with E-state index in [-0.39, 0.29) is 5.91 Å². The molecule has 88 valence electrons. The summed E-state index contributed by atoms with van der Waals surface area (Å²) in [5, 5.41) is 2.76. The minimum Gasteiger partial charge on any atom is -0.497 e. The topological polar surface area (TPSA) is 64.3 Å². The Morgan fingerprint density at radius 2 is 2.06 bits per heavy atom. The van der Waals surface area contributed by atoms with E-state index >= 15 is 0 Å². The average Bonchev–Trinajstić information content (AvgIpc) is 2.29. The molecule has 4 heteroatoms. The van der Waals surface area contributed by atoms with Gasteiger partial charge in [0, 0.05) is 6.54 Å². The minimum absolute atomic E-state index is 0.117. The molecule has 1 amide bonds. The molecule has 0 aliphatic rings. The highest BCUT2D eigenvalue weighted by Crippen LogP contribution is 2.11. The summed E-state index contributed by atoms with van der Waals surface area (Å²) < 4.78 is 5.06. The Morgan fingerprint density at radius 3 is 2.56 bits per heavy atom. The molecular weight excluding hydrogens is 204 g/mol. The predicted octanol–water partition coefficient (Wildman–Crippen LogP) is 0.701. The zero-order chi connectivity index (χ0) is 12.0. The van der Waals surface area contributed by atoms with Crippen LogP contribution in [0.3, 0.4) is 0 Å². The van der Waals surface area contributed by atoms with Crippen molar-refractivity contribution in [1.29, 1.82) is 0 Å². The van der Waals surface area contributed by atoms with Crippen LogP contribution in [0, 0.1) is 0 Å². The predicted molar refractivity (Wildman–Crippen MR) is 63.4 cm³/mol. The normalized spacial score (nSPS) is 11.9. The van der Waals surface area contributed by atoms with E-state index in [2.05, 4.69) is 5.32 Å². The van der Waals surface area contributed by atoms with Gasteiger partial charge in [-0.2, -0.15) is 0 Å². The summed E-state index contributed by atoms with van der Waals surface area (Å²) in [5.74, 6) is 0.719. The van der Waals surface area contributed by atoms with Crippen molar-refractivity contribution in [2.24, 2.45) is 5.73 Å². The summed E-state index contributed by atoms with van der Waals surface area (Å²) in [6.45, 7) is 2.27. The number of hydrogen-bond donors (Lipinski definition) is 2. The van der Waals surface area contributed by atoms with Crippen molar-refractivity contribution in [3.8, 4) is 5.75 Å². The van der Waals surface area contributed by atoms with Crippen molar-refractivity contribution in [3.05, 3.63) is 29.8 Å². The number of carbonyl (C=O) groups is 1. The molecule has 0 aliphatic carbocycles. The Morgan fingerprint density at radius 1 is 1.44 bits per heavy atom. The van der Waals surface area contributed by atoms with E-state index in [4.69, 9.17) is 10.5 Å². The lowest BCUT2D eigenvalue weighted by atomic mass is 10.1. The van der Waals surface area contributed by atoms with Gasteiger partial charge in [-0.05, 0) is 31.0 Å². The first-order valence-electron chi connectivity index (χ1n) is 5.29. The van der Waals surface area contributed by atoms with Crippen LogP contribution >= 0.6 is 0 Å². The molecule has 4 nitrogen and oxygen atoms in total. The molecule has 3 N–H and O–H groups in total. The van der Waals surface area contributed by atoms with E-state index in [1.807, 2.05) is 24.3 Å². The van der Waals surface area contributed by atoms with Crippen LogP contribution < -0.4 is 15.8 Å². The van der Waals surface area contributed by atoms with Crippen LogP contribution in [0.25, 0.3) is 0 Å². The zero-order valence-electron chi connectivity index (χ0n) is 9.69. The highest BCUT2D eigenvalue weighted by molar-refractivity contribution is 5.80. The number of carbonyl (C=O) groups excluding carboxylic acids is 1. The van der Waals surface area contributed by atoms with E-state index in [1.165, 1.54) is 0 Å². The second-order valence-electron chi connectivity index (χ2n) is 3.68. The third-order valence-electron chi connectivity index (χ3n) is 2.29. The van der Waals surface area contributed by atoms with Crippen LogP contribution in [0.2, 0.25) is 0 Å². The minimum atomic E-state index is -0.448. The maximum absolute atomic E-state index is 11.2. The fourth-order valence-electron chi connectivity index (χ4n) is 1.28. The quantitative estimate of drug-likeness (QED) is 0.771. The Labute approximate surface area is 95.8 Å². The molecule has 0 radical (unpaired) electrons. The maximum Gasteiger partial charge on any atom is 0.236 e. The molecule has 1 atom stereocenters. The number of rotatable bonds is 5. The first kappa shape index (κ1) is 12.5. The molecule has 0 aliphatic heterocycles. The maximum atomic E-state index is 11.2. The number of hydrogen-bond acceptors (Lipinski definition) is 3. The van der Waals surface area contributed by atoms with E-state index in [0.717, 1.165) is 17.7 Å². The van der Waals surface area contributed by atoms with Crippen LogP contribution in [-0.4, -0.2) is 25.6 Å². The van der Waals surface area contributed by atoms with Gasteiger partial charge in [0.1, 0.15) is 5.75 Å². The monoisotopic (exact) mass is 222 g/mol. The van der Waals surface area contributed by atoms with E-state index in [0.29, 0.717) is 6.54 Å². The Hall–Kier alpha value is -1.55. The van der Waals surface area contributed by atoms with Crippen molar-refractivity contribution in [2.75, 3.05) is 13.7 Å². The van der Waals surface area contributed by atoms with Crippen molar-refractivity contribution < 1.29 is 9.53 Å². The molecule has 0 saturated heterocycles. The molecule has 0 heterocycles. The average molecular weight is 222 g/mol. The van der Waals surface area contributed by atoms with Crippen LogP contribution in [0.15, 0.2) is 24.3 Å². The molecule has 1 aromatic carbocycles. The summed E-state index contributed by atoms with van der Waals surface area (Å²) in [6.07, 6.45) is 0.794. The van der Waals surface area contributed by atoms with Crippen molar-refractivity contribution >= 4 is 5.91 Å². The Bertz CT molecular complexity index is 333. The lowest BCUT2D eigenvalue weighted by Crippen LogP contribution is -2.39. The number of nitrogens with one attached hydrogen (secondary N) is 1. The van der Waals surface area contributed by atoms with Crippen LogP contribution in [0.1, 0.15) is 12.5 Å². The third kappa shape index (κ3) is 3.90. The SMILES string of the molecule is COc1ccc(CCNC(=O)[C@@H](C)N)cc1. The van der Waals surface area contributed by atoms with Crippen LogP contribution in [0.5, 0.6) is 5.75 Å². The molecule has 16 heavy (non-hydrogen) atoms. The van der Waals surface area contributed by atoms with Gasteiger partial charge in [-0.25, -0.2) is 0 Å². The van der Waals surface area contributed by atoms with Gasteiger partial charge in [0.2, 0.25) is 5.91 Å².